The Hall–Kier alpha value is -1.19. The maximum absolute atomic E-state index is 11.2. The highest BCUT2D eigenvalue weighted by atomic mass is 32.2. The number of thiol groups is 1. The van der Waals surface area contributed by atoms with E-state index in [0.29, 0.717) is 12.1 Å². The molecule has 1 aromatic carbocycles. The molecule has 0 aromatic heterocycles. The Morgan fingerprint density at radius 3 is 2.67 bits per heavy atom. The Balaban J connectivity index is 3.03. The Bertz CT molecular complexity index is 547. The van der Waals surface area contributed by atoms with E-state index in [9.17, 15) is 8.42 Å². The molecule has 2 atom stereocenters. The largest absolute Gasteiger partial charge is 0.284 e. The molecule has 0 aliphatic heterocycles. The molecule has 4 nitrogen and oxygen atoms in total. The van der Waals surface area contributed by atoms with E-state index < -0.39 is 10.0 Å². The van der Waals surface area contributed by atoms with E-state index in [1.807, 2.05) is 13.0 Å². The highest BCUT2D eigenvalue weighted by molar-refractivity contribution is 7.92. The highest BCUT2D eigenvalue weighted by Gasteiger charge is 2.16. The first-order chi connectivity index (χ1) is 8.33. The summed E-state index contributed by atoms with van der Waals surface area (Å²) in [7, 11) is -3.29. The first-order valence-electron chi connectivity index (χ1n) is 5.46. The molecule has 98 valence electrons. The van der Waals surface area contributed by atoms with Crippen LogP contribution in [0.1, 0.15) is 24.8 Å². The fraction of sp³-hybridized carbons (Fsp3) is 0.417. The third-order valence-electron chi connectivity index (χ3n) is 2.51. The van der Waals surface area contributed by atoms with Gasteiger partial charge in [-0.2, -0.15) is 17.9 Å². The third kappa shape index (κ3) is 4.59. The van der Waals surface area contributed by atoms with Crippen molar-refractivity contribution < 1.29 is 8.42 Å². The molecule has 0 fully saturated rings. The minimum Gasteiger partial charge on any atom is -0.284 e. The van der Waals surface area contributed by atoms with E-state index in [1.54, 1.807) is 18.2 Å². The van der Waals surface area contributed by atoms with Crippen molar-refractivity contribution in [2.45, 2.75) is 24.5 Å². The van der Waals surface area contributed by atoms with Crippen LogP contribution in [0.2, 0.25) is 0 Å². The predicted molar refractivity (Wildman–Crippen MR) is 76.3 cm³/mol. The van der Waals surface area contributed by atoms with Crippen LogP contribution in [0.3, 0.4) is 0 Å². The minimum absolute atomic E-state index is 0.0142. The lowest BCUT2D eigenvalue weighted by atomic mass is 9.93. The molecule has 1 aromatic rings. The van der Waals surface area contributed by atoms with Gasteiger partial charge in [0.1, 0.15) is 0 Å². The average Bonchev–Trinajstić information content (AvgIpc) is 2.23. The van der Waals surface area contributed by atoms with E-state index in [0.717, 1.165) is 11.8 Å². The predicted octanol–water partition coefficient (Wildman–Crippen LogP) is 2.37. The number of nitriles is 1. The van der Waals surface area contributed by atoms with Crippen molar-refractivity contribution in [2.24, 2.45) is 0 Å². The SMILES string of the molecule is CC(S)C(CC#N)c1cccc(NS(C)(=O)=O)c1. The van der Waals surface area contributed by atoms with Crippen LogP contribution in [0.25, 0.3) is 0 Å². The summed E-state index contributed by atoms with van der Waals surface area (Å²) in [5.41, 5.74) is 1.42. The second-order valence-electron chi connectivity index (χ2n) is 4.21. The fourth-order valence-electron chi connectivity index (χ4n) is 1.71. The van der Waals surface area contributed by atoms with E-state index in [2.05, 4.69) is 23.4 Å². The van der Waals surface area contributed by atoms with Gasteiger partial charge in [-0.05, 0) is 17.7 Å². The van der Waals surface area contributed by atoms with Crippen LogP contribution in [0.4, 0.5) is 5.69 Å². The number of hydrogen-bond acceptors (Lipinski definition) is 4. The minimum atomic E-state index is -3.29. The van der Waals surface area contributed by atoms with Crippen LogP contribution in [-0.4, -0.2) is 19.9 Å². The molecule has 0 bridgehead atoms. The molecule has 0 heterocycles. The Labute approximate surface area is 113 Å². The normalized spacial score (nSPS) is 14.6. The summed E-state index contributed by atoms with van der Waals surface area (Å²) in [5.74, 6) is -0.0142. The summed E-state index contributed by atoms with van der Waals surface area (Å²) >= 11 is 4.37. The second-order valence-corrected chi connectivity index (χ2v) is 6.77. The molecule has 0 saturated heterocycles. The molecule has 1 rings (SSSR count). The standard InChI is InChI=1S/C12H16N2O2S2/c1-9(17)12(6-7-13)10-4-3-5-11(8-10)14-18(2,15)16/h3-5,8-9,12,14,17H,6H2,1-2H3. The zero-order valence-electron chi connectivity index (χ0n) is 10.3. The Morgan fingerprint density at radius 2 is 2.17 bits per heavy atom. The van der Waals surface area contributed by atoms with Crippen LogP contribution < -0.4 is 4.72 Å². The van der Waals surface area contributed by atoms with Crippen molar-refractivity contribution in [3.8, 4) is 6.07 Å². The lowest BCUT2D eigenvalue weighted by molar-refractivity contribution is 0.607. The van der Waals surface area contributed by atoms with E-state index >= 15 is 0 Å². The second kappa shape index (κ2) is 6.12. The van der Waals surface area contributed by atoms with Gasteiger partial charge >= 0.3 is 0 Å². The van der Waals surface area contributed by atoms with Gasteiger partial charge in [0.15, 0.2) is 0 Å². The van der Waals surface area contributed by atoms with Crippen molar-refractivity contribution in [3.63, 3.8) is 0 Å². The molecule has 0 aliphatic carbocycles. The van der Waals surface area contributed by atoms with Crippen molar-refractivity contribution >= 4 is 28.3 Å². The number of nitrogens with one attached hydrogen (secondary N) is 1. The van der Waals surface area contributed by atoms with Gasteiger partial charge in [0, 0.05) is 23.3 Å². The van der Waals surface area contributed by atoms with Crippen molar-refractivity contribution in [2.75, 3.05) is 11.0 Å². The summed E-state index contributed by atoms with van der Waals surface area (Å²) in [5, 5.41) is 8.83. The van der Waals surface area contributed by atoms with E-state index in [4.69, 9.17) is 5.26 Å². The molecule has 6 heteroatoms. The van der Waals surface area contributed by atoms with Crippen molar-refractivity contribution in [1.82, 2.24) is 0 Å². The smallest absolute Gasteiger partial charge is 0.229 e. The molecule has 0 amide bonds. The molecular formula is C12H16N2O2S2. The number of rotatable bonds is 5. The average molecular weight is 284 g/mol. The molecule has 18 heavy (non-hydrogen) atoms. The number of nitrogens with zero attached hydrogens (tertiary/aromatic N) is 1. The van der Waals surface area contributed by atoms with Crippen LogP contribution in [0.15, 0.2) is 24.3 Å². The Kier molecular flexibility index (Phi) is 5.05. The Morgan fingerprint density at radius 1 is 1.50 bits per heavy atom. The van der Waals surface area contributed by atoms with Crippen molar-refractivity contribution in [3.05, 3.63) is 29.8 Å². The number of sulfonamides is 1. The number of hydrogen-bond donors (Lipinski definition) is 2. The lowest BCUT2D eigenvalue weighted by Gasteiger charge is -2.18. The summed E-state index contributed by atoms with van der Waals surface area (Å²) < 4.78 is 24.7. The van der Waals surface area contributed by atoms with E-state index in [1.165, 1.54) is 0 Å². The molecular weight excluding hydrogens is 268 g/mol. The third-order valence-corrected chi connectivity index (χ3v) is 3.48. The molecule has 2 unspecified atom stereocenters. The van der Waals surface area contributed by atoms with Gasteiger partial charge in [-0.3, -0.25) is 4.72 Å². The zero-order valence-corrected chi connectivity index (χ0v) is 12.0. The molecule has 0 saturated carbocycles. The van der Waals surface area contributed by atoms with Gasteiger partial charge < -0.3 is 0 Å². The fourth-order valence-corrected chi connectivity index (χ4v) is 2.54. The number of benzene rings is 1. The van der Waals surface area contributed by atoms with Gasteiger partial charge in [-0.25, -0.2) is 8.42 Å². The maximum Gasteiger partial charge on any atom is 0.229 e. The highest BCUT2D eigenvalue weighted by Crippen LogP contribution is 2.28. The van der Waals surface area contributed by atoms with Crippen molar-refractivity contribution in [1.29, 1.82) is 5.26 Å². The van der Waals surface area contributed by atoms with Gasteiger partial charge in [0.05, 0.1) is 12.3 Å². The first-order valence-corrected chi connectivity index (χ1v) is 7.87. The summed E-state index contributed by atoms with van der Waals surface area (Å²) in [4.78, 5) is 0. The van der Waals surface area contributed by atoms with Gasteiger partial charge in [-0.15, -0.1) is 0 Å². The number of anilines is 1. The molecule has 0 spiro atoms. The van der Waals surface area contributed by atoms with Crippen LogP contribution >= 0.6 is 12.6 Å². The van der Waals surface area contributed by atoms with E-state index in [-0.39, 0.29) is 11.2 Å². The molecule has 0 radical (unpaired) electrons. The monoisotopic (exact) mass is 284 g/mol. The molecule has 0 aliphatic rings. The first kappa shape index (κ1) is 14.9. The molecule has 1 N–H and O–H groups in total. The van der Waals surface area contributed by atoms with Gasteiger partial charge in [0.2, 0.25) is 10.0 Å². The maximum atomic E-state index is 11.2. The zero-order chi connectivity index (χ0) is 13.8. The summed E-state index contributed by atoms with van der Waals surface area (Å²) in [6.45, 7) is 1.92. The van der Waals surface area contributed by atoms with Gasteiger partial charge in [0.25, 0.3) is 0 Å². The quantitative estimate of drug-likeness (QED) is 0.816. The summed E-state index contributed by atoms with van der Waals surface area (Å²) in [6, 6.07) is 9.20. The van der Waals surface area contributed by atoms with Crippen LogP contribution in [-0.2, 0) is 10.0 Å². The van der Waals surface area contributed by atoms with Gasteiger partial charge in [-0.1, -0.05) is 19.1 Å². The topological polar surface area (TPSA) is 70.0 Å². The lowest BCUT2D eigenvalue weighted by Crippen LogP contribution is -2.12. The summed E-state index contributed by atoms with van der Waals surface area (Å²) in [6.07, 6.45) is 1.46. The van der Waals surface area contributed by atoms with Crippen LogP contribution in [0, 0.1) is 11.3 Å². The van der Waals surface area contributed by atoms with Crippen LogP contribution in [0.5, 0.6) is 0 Å².